The number of hydrogen-bond donors (Lipinski definition) is 2. The van der Waals surface area contributed by atoms with Crippen LogP contribution in [0, 0.1) is 12.7 Å². The summed E-state index contributed by atoms with van der Waals surface area (Å²) in [5.74, 6) is -0.151. The third-order valence-corrected chi connectivity index (χ3v) is 4.57. The molecule has 0 aliphatic carbocycles. The summed E-state index contributed by atoms with van der Waals surface area (Å²) in [6.07, 6.45) is 1.46. The molecule has 0 aliphatic heterocycles. The highest BCUT2D eigenvalue weighted by Crippen LogP contribution is 2.23. The molecule has 5 nitrogen and oxygen atoms in total. The zero-order valence-corrected chi connectivity index (χ0v) is 11.9. The summed E-state index contributed by atoms with van der Waals surface area (Å²) in [6, 6.07) is 5.00. The van der Waals surface area contributed by atoms with Gasteiger partial charge >= 0.3 is 0 Å². The highest BCUT2D eigenvalue weighted by Gasteiger charge is 2.22. The average molecular weight is 298 g/mol. The Kier molecular flexibility index (Phi) is 3.82. The quantitative estimate of drug-likeness (QED) is 0.848. The van der Waals surface area contributed by atoms with Crippen molar-refractivity contribution in [3.8, 4) is 0 Å². The number of sulfonamides is 1. The summed E-state index contributed by atoms with van der Waals surface area (Å²) < 4.78 is 45.5. The van der Waals surface area contributed by atoms with E-state index in [0.29, 0.717) is 5.76 Å². The Labute approximate surface area is 116 Å². The number of anilines is 1. The van der Waals surface area contributed by atoms with Gasteiger partial charge in [0.05, 0.1) is 22.9 Å². The molecule has 3 N–H and O–H groups in total. The van der Waals surface area contributed by atoms with Crippen LogP contribution in [-0.4, -0.2) is 8.42 Å². The molecular weight excluding hydrogens is 283 g/mol. The van der Waals surface area contributed by atoms with Crippen molar-refractivity contribution in [2.24, 2.45) is 0 Å². The van der Waals surface area contributed by atoms with E-state index in [2.05, 4.69) is 4.72 Å². The number of halogens is 1. The highest BCUT2D eigenvalue weighted by molar-refractivity contribution is 7.89. The molecule has 2 aromatic rings. The summed E-state index contributed by atoms with van der Waals surface area (Å²) in [6.45, 7) is 3.16. The zero-order valence-electron chi connectivity index (χ0n) is 11.1. The first-order chi connectivity index (χ1) is 9.31. The Morgan fingerprint density at radius 1 is 1.40 bits per heavy atom. The van der Waals surface area contributed by atoms with E-state index in [1.54, 1.807) is 19.1 Å². The van der Waals surface area contributed by atoms with Crippen LogP contribution < -0.4 is 10.5 Å². The minimum Gasteiger partial charge on any atom is -0.468 e. The Hall–Kier alpha value is -1.86. The Morgan fingerprint density at radius 3 is 2.70 bits per heavy atom. The second-order valence-electron chi connectivity index (χ2n) is 4.50. The van der Waals surface area contributed by atoms with E-state index in [4.69, 9.17) is 10.2 Å². The van der Waals surface area contributed by atoms with Crippen LogP contribution in [0.3, 0.4) is 0 Å². The van der Waals surface area contributed by atoms with E-state index in [-0.39, 0.29) is 16.1 Å². The number of nitrogens with one attached hydrogen (secondary N) is 1. The van der Waals surface area contributed by atoms with E-state index in [1.165, 1.54) is 13.2 Å². The Balaban J connectivity index is 2.34. The molecule has 0 spiro atoms. The van der Waals surface area contributed by atoms with Crippen molar-refractivity contribution in [2.75, 3.05) is 5.73 Å². The lowest BCUT2D eigenvalue weighted by molar-refractivity contribution is 0.459. The molecule has 0 saturated heterocycles. The topological polar surface area (TPSA) is 85.3 Å². The van der Waals surface area contributed by atoms with Gasteiger partial charge in [-0.25, -0.2) is 17.5 Å². The largest absolute Gasteiger partial charge is 0.468 e. The molecule has 2 rings (SSSR count). The van der Waals surface area contributed by atoms with Gasteiger partial charge in [-0.2, -0.15) is 0 Å². The number of hydrogen-bond acceptors (Lipinski definition) is 4. The maximum absolute atomic E-state index is 13.3. The molecule has 108 valence electrons. The first-order valence-electron chi connectivity index (χ1n) is 5.92. The maximum atomic E-state index is 13.3. The fourth-order valence-electron chi connectivity index (χ4n) is 1.85. The van der Waals surface area contributed by atoms with Crippen LogP contribution in [0.25, 0.3) is 0 Å². The van der Waals surface area contributed by atoms with Gasteiger partial charge in [0, 0.05) is 0 Å². The van der Waals surface area contributed by atoms with Crippen molar-refractivity contribution in [3.05, 3.63) is 47.7 Å². The van der Waals surface area contributed by atoms with Gasteiger partial charge < -0.3 is 10.2 Å². The highest BCUT2D eigenvalue weighted by atomic mass is 32.2. The zero-order chi connectivity index (χ0) is 14.9. The minimum atomic E-state index is -3.81. The minimum absolute atomic E-state index is 0.0465. The van der Waals surface area contributed by atoms with Crippen LogP contribution in [0.4, 0.5) is 10.1 Å². The third kappa shape index (κ3) is 2.83. The Morgan fingerprint density at radius 2 is 2.10 bits per heavy atom. The van der Waals surface area contributed by atoms with Gasteiger partial charge in [0.25, 0.3) is 0 Å². The van der Waals surface area contributed by atoms with Gasteiger partial charge in [0.2, 0.25) is 10.0 Å². The van der Waals surface area contributed by atoms with Gasteiger partial charge in [-0.1, -0.05) is 0 Å². The Bertz CT molecular complexity index is 711. The second-order valence-corrected chi connectivity index (χ2v) is 6.18. The fraction of sp³-hybridized carbons (Fsp3) is 0.231. The number of furan rings is 1. The van der Waals surface area contributed by atoms with Crippen LogP contribution in [0.15, 0.2) is 39.8 Å². The van der Waals surface area contributed by atoms with Crippen LogP contribution in [0.2, 0.25) is 0 Å². The molecular formula is C13H15FN2O3S. The molecule has 0 bridgehead atoms. The number of nitrogen functional groups attached to an aromatic ring is 1. The van der Waals surface area contributed by atoms with Gasteiger partial charge in [0.15, 0.2) is 0 Å². The molecule has 20 heavy (non-hydrogen) atoms. The normalized spacial score (nSPS) is 13.3. The monoisotopic (exact) mass is 298 g/mol. The van der Waals surface area contributed by atoms with E-state index in [9.17, 15) is 12.8 Å². The van der Waals surface area contributed by atoms with Crippen LogP contribution in [-0.2, 0) is 10.0 Å². The second kappa shape index (κ2) is 5.26. The molecule has 0 radical (unpaired) electrons. The number of nitrogens with two attached hydrogens (primary N) is 1. The molecule has 1 atom stereocenters. The molecule has 7 heteroatoms. The predicted octanol–water partition coefficient (Wildman–Crippen LogP) is 2.35. The van der Waals surface area contributed by atoms with Crippen molar-refractivity contribution in [3.63, 3.8) is 0 Å². The first kappa shape index (κ1) is 14.5. The molecule has 0 fully saturated rings. The predicted molar refractivity (Wildman–Crippen MR) is 73.0 cm³/mol. The number of benzene rings is 1. The van der Waals surface area contributed by atoms with Crippen LogP contribution in [0.1, 0.15) is 24.3 Å². The van der Waals surface area contributed by atoms with E-state index < -0.39 is 21.9 Å². The number of rotatable bonds is 4. The summed E-state index contributed by atoms with van der Waals surface area (Å²) in [5, 5.41) is 0. The van der Waals surface area contributed by atoms with E-state index in [1.807, 2.05) is 0 Å². The lowest BCUT2D eigenvalue weighted by Gasteiger charge is -2.14. The molecule has 0 aliphatic rings. The molecule has 1 unspecified atom stereocenters. The van der Waals surface area contributed by atoms with E-state index >= 15 is 0 Å². The maximum Gasteiger partial charge on any atom is 0.241 e. The molecule has 0 amide bonds. The van der Waals surface area contributed by atoms with Crippen molar-refractivity contribution in [1.29, 1.82) is 0 Å². The summed E-state index contributed by atoms with van der Waals surface area (Å²) in [5.41, 5.74) is 5.51. The van der Waals surface area contributed by atoms with Gasteiger partial charge in [-0.15, -0.1) is 0 Å². The summed E-state index contributed by atoms with van der Waals surface area (Å²) in [4.78, 5) is -0.0465. The molecule has 1 aromatic carbocycles. The first-order valence-corrected chi connectivity index (χ1v) is 7.41. The third-order valence-electron chi connectivity index (χ3n) is 2.89. The summed E-state index contributed by atoms with van der Waals surface area (Å²) >= 11 is 0. The smallest absolute Gasteiger partial charge is 0.241 e. The van der Waals surface area contributed by atoms with Gasteiger partial charge in [-0.3, -0.25) is 0 Å². The van der Waals surface area contributed by atoms with Crippen LogP contribution >= 0.6 is 0 Å². The van der Waals surface area contributed by atoms with Crippen molar-refractivity contribution in [1.82, 2.24) is 4.72 Å². The fourth-order valence-corrected chi connectivity index (χ4v) is 3.32. The lowest BCUT2D eigenvalue weighted by Crippen LogP contribution is -2.27. The van der Waals surface area contributed by atoms with Gasteiger partial charge in [0.1, 0.15) is 11.6 Å². The van der Waals surface area contributed by atoms with Crippen molar-refractivity contribution >= 4 is 15.7 Å². The SMILES string of the molecule is Cc1cc(F)c(N)cc1S(=O)(=O)NC(C)c1ccco1. The van der Waals surface area contributed by atoms with Crippen molar-refractivity contribution < 1.29 is 17.2 Å². The molecule has 0 saturated carbocycles. The van der Waals surface area contributed by atoms with E-state index in [0.717, 1.165) is 12.1 Å². The molecule has 1 heterocycles. The standard InChI is InChI=1S/C13H15FN2O3S/c1-8-6-10(14)11(15)7-13(8)20(17,18)16-9(2)12-4-3-5-19-12/h3-7,9,16H,15H2,1-2H3. The van der Waals surface area contributed by atoms with Crippen LogP contribution in [0.5, 0.6) is 0 Å². The molecule has 1 aromatic heterocycles. The van der Waals surface area contributed by atoms with Crippen molar-refractivity contribution in [2.45, 2.75) is 24.8 Å². The van der Waals surface area contributed by atoms with Gasteiger partial charge in [-0.05, 0) is 43.7 Å². The summed E-state index contributed by atoms with van der Waals surface area (Å²) in [7, 11) is -3.81. The lowest BCUT2D eigenvalue weighted by atomic mass is 10.2. The average Bonchev–Trinajstić information content (AvgIpc) is 2.86. The number of aryl methyl sites for hydroxylation is 1.